The summed E-state index contributed by atoms with van der Waals surface area (Å²) in [6.45, 7) is -0.466. The number of rotatable bonds is 14. The van der Waals surface area contributed by atoms with E-state index in [-0.39, 0.29) is 42.9 Å². The van der Waals surface area contributed by atoms with Gasteiger partial charge in [-0.05, 0) is 41.7 Å². The number of ether oxygens (including phenoxy) is 1. The molecule has 0 unspecified atom stereocenters. The van der Waals surface area contributed by atoms with Gasteiger partial charge in [-0.15, -0.1) is 0 Å². The quantitative estimate of drug-likeness (QED) is 0.113. The molecule has 3 rings (SSSR count). The van der Waals surface area contributed by atoms with Crippen molar-refractivity contribution < 1.29 is 29.3 Å². The molecule has 41 heavy (non-hydrogen) atoms. The third-order valence-electron chi connectivity index (χ3n) is 6.41. The van der Waals surface area contributed by atoms with Crippen molar-refractivity contribution in [2.75, 3.05) is 20.2 Å². The van der Waals surface area contributed by atoms with Crippen LogP contribution in [0.1, 0.15) is 35.4 Å². The molecule has 0 aliphatic carbocycles. The maximum Gasteiger partial charge on any atom is 0.322 e. The van der Waals surface area contributed by atoms with Crippen LogP contribution in [0.2, 0.25) is 0 Å². The summed E-state index contributed by atoms with van der Waals surface area (Å²) in [6, 6.07) is 22.0. The molecular formula is C30H35N5O6. The summed E-state index contributed by atoms with van der Waals surface area (Å²) in [7, 11) is 1.42. The highest BCUT2D eigenvalue weighted by atomic mass is 16.5. The lowest BCUT2D eigenvalue weighted by Gasteiger charge is -2.34. The average Bonchev–Trinajstić information content (AvgIpc) is 2.96. The van der Waals surface area contributed by atoms with Gasteiger partial charge in [-0.2, -0.15) is 0 Å². The van der Waals surface area contributed by atoms with Crippen LogP contribution in [0.4, 0.5) is 0 Å². The third-order valence-corrected chi connectivity index (χ3v) is 6.41. The van der Waals surface area contributed by atoms with Gasteiger partial charge in [0.05, 0.1) is 13.0 Å². The summed E-state index contributed by atoms with van der Waals surface area (Å²) in [5.74, 6) is -2.98. The zero-order valence-corrected chi connectivity index (χ0v) is 22.8. The van der Waals surface area contributed by atoms with Gasteiger partial charge in [0.25, 0.3) is 0 Å². The minimum absolute atomic E-state index is 0.0555. The lowest BCUT2D eigenvalue weighted by Crippen LogP contribution is -2.51. The molecule has 1 atom stereocenters. The lowest BCUT2D eigenvalue weighted by atomic mass is 9.89. The van der Waals surface area contributed by atoms with Crippen molar-refractivity contribution in [2.45, 2.75) is 31.3 Å². The first-order chi connectivity index (χ1) is 19.7. The molecule has 11 heteroatoms. The number of nitrogens with zero attached hydrogens (tertiary/aromatic N) is 2. The van der Waals surface area contributed by atoms with Crippen molar-refractivity contribution in [3.8, 4) is 11.5 Å². The number of carbonyl (C=O) groups is 3. The highest BCUT2D eigenvalue weighted by molar-refractivity contribution is 5.93. The van der Waals surface area contributed by atoms with Gasteiger partial charge in [-0.25, -0.2) is 0 Å². The number of carbonyl (C=O) groups excluding carboxylic acids is 2. The fourth-order valence-corrected chi connectivity index (χ4v) is 4.51. The minimum atomic E-state index is -1.22. The van der Waals surface area contributed by atoms with Crippen LogP contribution in [-0.4, -0.2) is 65.1 Å². The van der Waals surface area contributed by atoms with E-state index in [9.17, 15) is 24.6 Å². The van der Waals surface area contributed by atoms with Crippen LogP contribution < -0.4 is 21.5 Å². The number of methoxy groups -OCH3 is 1. The number of nitrogens with two attached hydrogens (primary N) is 2. The Hall–Kier alpha value is -5.06. The SMILES string of the molecule is COc1ccc(CN(C(=O)C(c2ccccc2)c2ccccc2)[C@@H](CCCN=C(N)N)C(=O)NCC(=O)O)cc1O. The van der Waals surface area contributed by atoms with E-state index in [0.29, 0.717) is 12.0 Å². The zero-order chi connectivity index (χ0) is 29.8. The average molecular weight is 562 g/mol. The van der Waals surface area contributed by atoms with Crippen LogP contribution in [0.3, 0.4) is 0 Å². The van der Waals surface area contributed by atoms with Gasteiger partial charge in [-0.3, -0.25) is 19.4 Å². The Morgan fingerprint density at radius 2 is 1.59 bits per heavy atom. The molecule has 0 saturated heterocycles. The summed E-state index contributed by atoms with van der Waals surface area (Å²) in [5.41, 5.74) is 12.9. The normalized spacial score (nSPS) is 11.4. The summed E-state index contributed by atoms with van der Waals surface area (Å²) in [5, 5.41) is 22.0. The number of phenolic OH excluding ortho intramolecular Hbond substituents is 1. The maximum absolute atomic E-state index is 14.6. The molecule has 0 fully saturated rings. The Morgan fingerprint density at radius 1 is 0.976 bits per heavy atom. The van der Waals surface area contributed by atoms with E-state index in [0.717, 1.165) is 11.1 Å². The number of hydrogen-bond acceptors (Lipinski definition) is 6. The van der Waals surface area contributed by atoms with Crippen LogP contribution in [0.25, 0.3) is 0 Å². The van der Waals surface area contributed by atoms with Gasteiger partial charge in [0, 0.05) is 13.1 Å². The number of aliphatic imine (C=N–C) groups is 1. The molecule has 0 saturated carbocycles. The van der Waals surface area contributed by atoms with Crippen molar-refractivity contribution >= 4 is 23.7 Å². The first-order valence-electron chi connectivity index (χ1n) is 13.0. The topological polar surface area (TPSA) is 181 Å². The Bertz CT molecular complexity index is 1310. The van der Waals surface area contributed by atoms with Crippen LogP contribution in [-0.2, 0) is 20.9 Å². The molecule has 7 N–H and O–H groups in total. The number of aromatic hydroxyl groups is 1. The van der Waals surface area contributed by atoms with Gasteiger partial charge in [0.15, 0.2) is 17.5 Å². The number of carboxylic acid groups (broad SMARTS) is 1. The van der Waals surface area contributed by atoms with E-state index in [1.165, 1.54) is 18.1 Å². The fraction of sp³-hybridized carbons (Fsp3) is 0.267. The van der Waals surface area contributed by atoms with Crippen LogP contribution >= 0.6 is 0 Å². The van der Waals surface area contributed by atoms with E-state index < -0.39 is 30.4 Å². The van der Waals surface area contributed by atoms with E-state index in [1.54, 1.807) is 12.1 Å². The number of benzene rings is 3. The molecule has 0 aliphatic heterocycles. The first kappa shape index (κ1) is 30.5. The van der Waals surface area contributed by atoms with Crippen LogP contribution in [0.5, 0.6) is 11.5 Å². The molecule has 2 amide bonds. The van der Waals surface area contributed by atoms with Gasteiger partial charge in [0.2, 0.25) is 11.8 Å². The highest BCUT2D eigenvalue weighted by Crippen LogP contribution is 2.31. The van der Waals surface area contributed by atoms with Crippen molar-refractivity contribution in [2.24, 2.45) is 16.5 Å². The number of carboxylic acids is 1. The molecule has 3 aromatic rings. The van der Waals surface area contributed by atoms with Gasteiger partial charge in [0.1, 0.15) is 12.6 Å². The molecule has 0 spiro atoms. The van der Waals surface area contributed by atoms with E-state index in [2.05, 4.69) is 10.3 Å². The molecule has 3 aromatic carbocycles. The standard InChI is InChI=1S/C30H35N5O6/c1-41-25-15-14-20(17-24(25)36)19-35(23(13-8-16-33-30(31)32)28(39)34-18-26(37)38)29(40)27(21-9-4-2-5-10-21)22-11-6-3-7-12-22/h2-7,9-12,14-15,17,23,27,36H,8,13,16,18-19H2,1H3,(H,34,39)(H,37,38)(H4,31,32,33)/t23-/m0/s1. The highest BCUT2D eigenvalue weighted by Gasteiger charge is 2.35. The Kier molecular flexibility index (Phi) is 11.1. The molecule has 216 valence electrons. The van der Waals surface area contributed by atoms with Crippen molar-refractivity contribution in [1.82, 2.24) is 10.2 Å². The van der Waals surface area contributed by atoms with Gasteiger partial charge >= 0.3 is 5.97 Å². The summed E-state index contributed by atoms with van der Waals surface area (Å²) in [6.07, 6.45) is 0.481. The molecule has 11 nitrogen and oxygen atoms in total. The number of aliphatic carboxylic acids is 1. The van der Waals surface area contributed by atoms with E-state index in [1.807, 2.05) is 60.7 Å². The first-order valence-corrected chi connectivity index (χ1v) is 13.0. The van der Waals surface area contributed by atoms with E-state index >= 15 is 0 Å². The molecule has 0 aliphatic rings. The van der Waals surface area contributed by atoms with Crippen molar-refractivity contribution in [1.29, 1.82) is 0 Å². The summed E-state index contributed by atoms with van der Waals surface area (Å²) >= 11 is 0. The predicted octanol–water partition coefficient (Wildman–Crippen LogP) is 2.18. The molecule has 0 aromatic heterocycles. The third kappa shape index (κ3) is 8.72. The second kappa shape index (κ2) is 14.9. The Balaban J connectivity index is 2.10. The molecule has 0 radical (unpaired) electrons. The Labute approximate surface area is 238 Å². The largest absolute Gasteiger partial charge is 0.504 e. The number of nitrogens with one attached hydrogen (secondary N) is 1. The fourth-order valence-electron chi connectivity index (χ4n) is 4.51. The Morgan fingerprint density at radius 3 is 2.10 bits per heavy atom. The second-order valence-corrected chi connectivity index (χ2v) is 9.30. The summed E-state index contributed by atoms with van der Waals surface area (Å²) < 4.78 is 5.15. The van der Waals surface area contributed by atoms with Crippen LogP contribution in [0.15, 0.2) is 83.9 Å². The number of guanidine groups is 1. The minimum Gasteiger partial charge on any atom is -0.504 e. The number of phenols is 1. The molecular weight excluding hydrogens is 526 g/mol. The van der Waals surface area contributed by atoms with Gasteiger partial charge < -0.3 is 36.6 Å². The molecule has 0 heterocycles. The predicted molar refractivity (Wildman–Crippen MR) is 154 cm³/mol. The van der Waals surface area contributed by atoms with Crippen LogP contribution in [0, 0.1) is 0 Å². The molecule has 0 bridgehead atoms. The van der Waals surface area contributed by atoms with Gasteiger partial charge in [-0.1, -0.05) is 66.7 Å². The number of hydrogen-bond donors (Lipinski definition) is 5. The zero-order valence-electron chi connectivity index (χ0n) is 22.8. The maximum atomic E-state index is 14.6. The van der Waals surface area contributed by atoms with E-state index in [4.69, 9.17) is 16.2 Å². The number of amides is 2. The monoisotopic (exact) mass is 561 g/mol. The van der Waals surface area contributed by atoms with Crippen molar-refractivity contribution in [3.05, 3.63) is 95.6 Å². The second-order valence-electron chi connectivity index (χ2n) is 9.30. The van der Waals surface area contributed by atoms with Crippen molar-refractivity contribution in [3.63, 3.8) is 0 Å². The smallest absolute Gasteiger partial charge is 0.322 e. The lowest BCUT2D eigenvalue weighted by molar-refractivity contribution is -0.143. The summed E-state index contributed by atoms with van der Waals surface area (Å²) in [4.78, 5) is 44.7.